The van der Waals surface area contributed by atoms with E-state index in [-0.39, 0.29) is 12.5 Å². The zero-order valence-corrected chi connectivity index (χ0v) is 19.0. The second-order valence-electron chi connectivity index (χ2n) is 7.11. The van der Waals surface area contributed by atoms with Crippen molar-refractivity contribution in [3.8, 4) is 16.3 Å². The molecule has 4 aromatic carbocycles. The Labute approximate surface area is 198 Å². The number of nitrogens with one attached hydrogen (secondary N) is 1. The maximum absolute atomic E-state index is 12.8. The monoisotopic (exact) mass is 478 g/mol. The Hall–Kier alpha value is -3.12. The number of benzene rings is 4. The Kier molecular flexibility index (Phi) is 5.70. The minimum atomic E-state index is -0.329. The van der Waals surface area contributed by atoms with Crippen LogP contribution < -0.4 is 10.1 Å². The summed E-state index contributed by atoms with van der Waals surface area (Å²) >= 11 is 14.2. The molecule has 32 heavy (non-hydrogen) atoms. The molecule has 0 bridgehead atoms. The highest BCUT2D eigenvalue weighted by Gasteiger charge is 2.17. The quantitative estimate of drug-likeness (QED) is 0.285. The number of carbonyl (C=O) groups is 1. The van der Waals surface area contributed by atoms with Gasteiger partial charge in [-0.3, -0.25) is 4.79 Å². The number of amides is 1. The van der Waals surface area contributed by atoms with Crippen LogP contribution in [0.25, 0.3) is 31.6 Å². The highest BCUT2D eigenvalue weighted by molar-refractivity contribution is 7.21. The molecule has 5 aromatic rings. The topological polar surface area (TPSA) is 51.2 Å². The lowest BCUT2D eigenvalue weighted by Crippen LogP contribution is -2.21. The van der Waals surface area contributed by atoms with Gasteiger partial charge in [0.05, 0.1) is 20.9 Å². The average molecular weight is 479 g/mol. The summed E-state index contributed by atoms with van der Waals surface area (Å²) in [5.41, 5.74) is 2.00. The van der Waals surface area contributed by atoms with Gasteiger partial charge in [-0.2, -0.15) is 0 Å². The predicted molar refractivity (Wildman–Crippen MR) is 133 cm³/mol. The lowest BCUT2D eigenvalue weighted by molar-refractivity contribution is -0.118. The molecule has 1 heterocycles. The van der Waals surface area contributed by atoms with Gasteiger partial charge < -0.3 is 10.1 Å². The molecule has 0 fully saturated rings. The van der Waals surface area contributed by atoms with Crippen molar-refractivity contribution in [2.24, 2.45) is 0 Å². The Morgan fingerprint density at radius 1 is 0.969 bits per heavy atom. The van der Waals surface area contributed by atoms with E-state index in [1.54, 1.807) is 12.1 Å². The molecule has 0 aliphatic rings. The highest BCUT2D eigenvalue weighted by Crippen LogP contribution is 2.40. The fraction of sp³-hybridized carbons (Fsp3) is 0.0400. The van der Waals surface area contributed by atoms with Gasteiger partial charge in [0, 0.05) is 16.0 Å². The third-order valence-corrected chi connectivity index (χ3v) is 6.54. The first-order valence-corrected chi connectivity index (χ1v) is 11.4. The van der Waals surface area contributed by atoms with Crippen molar-refractivity contribution in [2.75, 3.05) is 11.9 Å². The zero-order chi connectivity index (χ0) is 22.1. The van der Waals surface area contributed by atoms with Crippen LogP contribution in [0.3, 0.4) is 0 Å². The van der Waals surface area contributed by atoms with Gasteiger partial charge in [0.25, 0.3) is 5.91 Å². The van der Waals surface area contributed by atoms with Crippen LogP contribution in [-0.2, 0) is 4.79 Å². The second kappa shape index (κ2) is 8.79. The number of carbonyl (C=O) groups excluding carboxylic acids is 1. The maximum atomic E-state index is 12.8. The highest BCUT2D eigenvalue weighted by atomic mass is 35.5. The molecule has 7 heteroatoms. The predicted octanol–water partition coefficient (Wildman–Crippen LogP) is 7.44. The van der Waals surface area contributed by atoms with Crippen molar-refractivity contribution in [1.29, 1.82) is 0 Å². The van der Waals surface area contributed by atoms with Crippen LogP contribution in [0.2, 0.25) is 10.0 Å². The van der Waals surface area contributed by atoms with Crippen molar-refractivity contribution >= 4 is 67.1 Å². The first-order chi connectivity index (χ1) is 15.6. The molecule has 0 atom stereocenters. The molecule has 0 radical (unpaired) electrons. The van der Waals surface area contributed by atoms with Crippen molar-refractivity contribution in [2.45, 2.75) is 0 Å². The number of hydrogen-bond acceptors (Lipinski definition) is 4. The number of para-hydroxylation sites is 1. The molecular weight excluding hydrogens is 463 g/mol. The van der Waals surface area contributed by atoms with Crippen molar-refractivity contribution in [3.63, 3.8) is 0 Å². The van der Waals surface area contributed by atoms with Crippen LogP contribution in [0.15, 0.2) is 78.9 Å². The SMILES string of the molecule is O=C(COc1cccc2ccccc12)Nc1c(Cl)cc(Cl)cc1-c1nc2ccccc2s1. The van der Waals surface area contributed by atoms with E-state index in [4.69, 9.17) is 27.9 Å². The fourth-order valence-corrected chi connectivity index (χ4v) is 5.03. The molecule has 0 aliphatic heterocycles. The van der Waals surface area contributed by atoms with Gasteiger partial charge >= 0.3 is 0 Å². The maximum Gasteiger partial charge on any atom is 0.262 e. The molecule has 0 saturated heterocycles. The summed E-state index contributed by atoms with van der Waals surface area (Å²) in [7, 11) is 0. The van der Waals surface area contributed by atoms with E-state index in [2.05, 4.69) is 10.3 Å². The number of thiazole rings is 1. The number of rotatable bonds is 5. The van der Waals surface area contributed by atoms with E-state index in [1.165, 1.54) is 11.3 Å². The van der Waals surface area contributed by atoms with Gasteiger partial charge in [-0.1, -0.05) is 71.7 Å². The summed E-state index contributed by atoms with van der Waals surface area (Å²) < 4.78 is 6.85. The van der Waals surface area contributed by atoms with Crippen molar-refractivity contribution in [1.82, 2.24) is 4.98 Å². The number of fused-ring (bicyclic) bond motifs is 2. The van der Waals surface area contributed by atoms with Crippen LogP contribution in [0.5, 0.6) is 5.75 Å². The van der Waals surface area contributed by atoms with E-state index < -0.39 is 0 Å². The van der Waals surface area contributed by atoms with Crippen LogP contribution in [0.4, 0.5) is 5.69 Å². The summed E-state index contributed by atoms with van der Waals surface area (Å²) in [5, 5.41) is 6.40. The molecule has 158 valence electrons. The number of nitrogens with zero attached hydrogens (tertiary/aromatic N) is 1. The molecule has 0 unspecified atom stereocenters. The molecule has 5 rings (SSSR count). The van der Waals surface area contributed by atoms with E-state index in [0.29, 0.717) is 27.0 Å². The first kappa shape index (κ1) is 20.8. The summed E-state index contributed by atoms with van der Waals surface area (Å²) in [6.07, 6.45) is 0. The molecule has 4 nitrogen and oxygen atoms in total. The van der Waals surface area contributed by atoms with Gasteiger partial charge in [-0.05, 0) is 35.7 Å². The lowest BCUT2D eigenvalue weighted by atomic mass is 10.1. The lowest BCUT2D eigenvalue weighted by Gasteiger charge is -2.13. The summed E-state index contributed by atoms with van der Waals surface area (Å²) in [4.78, 5) is 17.4. The minimum absolute atomic E-state index is 0.160. The van der Waals surface area contributed by atoms with E-state index in [9.17, 15) is 4.79 Å². The van der Waals surface area contributed by atoms with Crippen molar-refractivity contribution in [3.05, 3.63) is 88.9 Å². The number of anilines is 1. The molecule has 1 amide bonds. The van der Waals surface area contributed by atoms with Crippen LogP contribution in [0, 0.1) is 0 Å². The fourth-order valence-electron chi connectivity index (χ4n) is 3.50. The van der Waals surface area contributed by atoms with Gasteiger partial charge in [0.2, 0.25) is 0 Å². The van der Waals surface area contributed by atoms with Gasteiger partial charge in [0.1, 0.15) is 10.8 Å². The Morgan fingerprint density at radius 2 is 1.75 bits per heavy atom. The smallest absolute Gasteiger partial charge is 0.262 e. The average Bonchev–Trinajstić information content (AvgIpc) is 3.23. The van der Waals surface area contributed by atoms with Gasteiger partial charge in [-0.15, -0.1) is 11.3 Å². The third-order valence-electron chi connectivity index (χ3n) is 4.95. The van der Waals surface area contributed by atoms with Crippen LogP contribution in [0.1, 0.15) is 0 Å². The molecule has 1 N–H and O–H groups in total. The number of halogens is 2. The standard InChI is InChI=1S/C25H16Cl2N2O2S/c26-16-12-18(25-28-20-9-3-4-11-22(20)32-25)24(19(27)13-16)29-23(30)14-31-21-10-5-7-15-6-1-2-8-17(15)21/h1-13H,14H2,(H,29,30). The van der Waals surface area contributed by atoms with E-state index in [0.717, 1.165) is 26.0 Å². The van der Waals surface area contributed by atoms with Gasteiger partial charge in [-0.25, -0.2) is 4.98 Å². The summed E-state index contributed by atoms with van der Waals surface area (Å²) in [6.45, 7) is -0.160. The van der Waals surface area contributed by atoms with E-state index in [1.807, 2.05) is 66.7 Å². The van der Waals surface area contributed by atoms with Crippen molar-refractivity contribution < 1.29 is 9.53 Å². The molecule has 0 spiro atoms. The normalized spacial score (nSPS) is 11.1. The summed E-state index contributed by atoms with van der Waals surface area (Å²) in [6, 6.07) is 24.8. The summed E-state index contributed by atoms with van der Waals surface area (Å²) in [5.74, 6) is 0.316. The van der Waals surface area contributed by atoms with Crippen LogP contribution in [-0.4, -0.2) is 17.5 Å². The first-order valence-electron chi connectivity index (χ1n) is 9.84. The zero-order valence-electron chi connectivity index (χ0n) is 16.6. The number of aromatic nitrogens is 1. The molecule has 0 aliphatic carbocycles. The van der Waals surface area contributed by atoms with Gasteiger partial charge in [0.15, 0.2) is 6.61 Å². The molecule has 1 aromatic heterocycles. The number of ether oxygens (including phenoxy) is 1. The van der Waals surface area contributed by atoms with E-state index >= 15 is 0 Å². The Morgan fingerprint density at radius 3 is 2.62 bits per heavy atom. The molecular formula is C25H16Cl2N2O2S. The Balaban J connectivity index is 1.41. The largest absolute Gasteiger partial charge is 0.483 e. The third kappa shape index (κ3) is 4.15. The van der Waals surface area contributed by atoms with Crippen LogP contribution >= 0.6 is 34.5 Å². The second-order valence-corrected chi connectivity index (χ2v) is 8.99. The Bertz CT molecular complexity index is 1430. The number of hydrogen-bond donors (Lipinski definition) is 1. The minimum Gasteiger partial charge on any atom is -0.483 e. The molecule has 0 saturated carbocycles.